The highest BCUT2D eigenvalue weighted by atomic mass is 19.1. The third kappa shape index (κ3) is 2.76. The number of nitrogens with zero attached hydrogens (tertiary/aromatic N) is 2. The summed E-state index contributed by atoms with van der Waals surface area (Å²) in [4.78, 5) is 17.4. The third-order valence-electron chi connectivity index (χ3n) is 4.14. The number of aromatic nitrogens is 2. The van der Waals surface area contributed by atoms with E-state index < -0.39 is 5.82 Å². The Kier molecular flexibility index (Phi) is 4.22. The fraction of sp³-hybridized carbons (Fsp3) is 0.500. The van der Waals surface area contributed by atoms with Crippen LogP contribution in [0.25, 0.3) is 10.9 Å². The molecule has 0 aliphatic heterocycles. The molecular weight excluding hydrogens is 283 g/mol. The largest absolute Gasteiger partial charge is 0.294 e. The lowest BCUT2D eigenvalue weighted by Crippen LogP contribution is -2.37. The van der Waals surface area contributed by atoms with Crippen LogP contribution in [0.3, 0.4) is 0 Å². The van der Waals surface area contributed by atoms with Gasteiger partial charge in [-0.05, 0) is 44.4 Å². The number of rotatable bonds is 6. The van der Waals surface area contributed by atoms with Crippen LogP contribution < -0.4 is 16.4 Å². The van der Waals surface area contributed by atoms with Gasteiger partial charge in [0.05, 0.1) is 11.6 Å². The second kappa shape index (κ2) is 6.14. The average Bonchev–Trinajstić information content (AvgIpc) is 3.31. The first-order valence-corrected chi connectivity index (χ1v) is 7.77. The molecule has 0 bridgehead atoms. The Morgan fingerprint density at radius 2 is 2.23 bits per heavy atom. The van der Waals surface area contributed by atoms with Crippen molar-refractivity contribution in [2.24, 2.45) is 5.92 Å². The molecule has 1 aromatic carbocycles. The van der Waals surface area contributed by atoms with Gasteiger partial charge in [0.1, 0.15) is 17.0 Å². The van der Waals surface area contributed by atoms with E-state index in [-0.39, 0.29) is 17.0 Å². The molecule has 1 fully saturated rings. The van der Waals surface area contributed by atoms with Crippen LogP contribution in [0.1, 0.15) is 38.1 Å². The van der Waals surface area contributed by atoms with Gasteiger partial charge in [-0.25, -0.2) is 14.8 Å². The molecule has 6 heteroatoms. The van der Waals surface area contributed by atoms with Crippen LogP contribution in [-0.4, -0.2) is 16.6 Å². The van der Waals surface area contributed by atoms with Gasteiger partial charge in [0, 0.05) is 6.54 Å². The highest BCUT2D eigenvalue weighted by Crippen LogP contribution is 2.31. The molecule has 0 unspecified atom stereocenters. The van der Waals surface area contributed by atoms with Gasteiger partial charge in [-0.1, -0.05) is 13.0 Å². The van der Waals surface area contributed by atoms with Crippen LogP contribution in [0.4, 0.5) is 4.39 Å². The first-order chi connectivity index (χ1) is 10.7. The second-order valence-electron chi connectivity index (χ2n) is 5.82. The van der Waals surface area contributed by atoms with Crippen molar-refractivity contribution in [3.05, 3.63) is 40.2 Å². The zero-order valence-corrected chi connectivity index (χ0v) is 12.9. The molecule has 2 N–H and O–H groups in total. The van der Waals surface area contributed by atoms with Gasteiger partial charge in [-0.15, -0.1) is 0 Å². The summed E-state index contributed by atoms with van der Waals surface area (Å²) in [5, 5.41) is 0.0891. The Balaban J connectivity index is 2.21. The normalized spacial score (nSPS) is 16.1. The number of benzene rings is 1. The molecule has 3 rings (SSSR count). The van der Waals surface area contributed by atoms with Crippen molar-refractivity contribution in [1.29, 1.82) is 0 Å². The summed E-state index contributed by atoms with van der Waals surface area (Å²) in [5.41, 5.74) is 6.18. The molecule has 2 aromatic rings. The fourth-order valence-electron chi connectivity index (χ4n) is 2.76. The Labute approximate surface area is 128 Å². The number of halogens is 1. The van der Waals surface area contributed by atoms with Crippen LogP contribution in [0.15, 0.2) is 23.0 Å². The molecule has 22 heavy (non-hydrogen) atoms. The molecule has 1 saturated carbocycles. The van der Waals surface area contributed by atoms with E-state index in [1.807, 2.05) is 6.92 Å². The Hall–Kier alpha value is -1.79. The molecule has 118 valence electrons. The summed E-state index contributed by atoms with van der Waals surface area (Å²) in [7, 11) is 1.78. The lowest BCUT2D eigenvalue weighted by molar-refractivity contribution is 0.413. The van der Waals surface area contributed by atoms with Gasteiger partial charge >= 0.3 is 0 Å². The molecule has 5 nitrogen and oxygen atoms in total. The van der Waals surface area contributed by atoms with Gasteiger partial charge in [0.2, 0.25) is 0 Å². The fourth-order valence-corrected chi connectivity index (χ4v) is 2.76. The maximum absolute atomic E-state index is 14.1. The predicted molar refractivity (Wildman–Crippen MR) is 83.9 cm³/mol. The van der Waals surface area contributed by atoms with Crippen LogP contribution in [0.2, 0.25) is 0 Å². The van der Waals surface area contributed by atoms with Crippen LogP contribution in [0, 0.1) is 11.7 Å². The number of hydrogen-bond acceptors (Lipinski definition) is 4. The molecule has 1 aliphatic carbocycles. The van der Waals surface area contributed by atoms with Crippen LogP contribution in [-0.2, 0) is 6.54 Å². The van der Waals surface area contributed by atoms with E-state index >= 15 is 0 Å². The topological polar surface area (TPSA) is 59.0 Å². The predicted octanol–water partition coefficient (Wildman–Crippen LogP) is 2.12. The monoisotopic (exact) mass is 304 g/mol. The summed E-state index contributed by atoms with van der Waals surface area (Å²) in [5.74, 6) is 0.683. The smallest absolute Gasteiger partial charge is 0.264 e. The SMILES string of the molecule is CC[C@H](NNC)c1nc2cccc(F)c2c(=O)n1CC1CC1. The van der Waals surface area contributed by atoms with Crippen LogP contribution >= 0.6 is 0 Å². The highest BCUT2D eigenvalue weighted by Gasteiger charge is 2.26. The van der Waals surface area contributed by atoms with E-state index in [1.54, 1.807) is 23.7 Å². The zero-order chi connectivity index (χ0) is 15.7. The Morgan fingerprint density at radius 3 is 2.86 bits per heavy atom. The number of hydrogen-bond donors (Lipinski definition) is 2. The Morgan fingerprint density at radius 1 is 1.45 bits per heavy atom. The van der Waals surface area contributed by atoms with E-state index in [2.05, 4.69) is 15.8 Å². The van der Waals surface area contributed by atoms with Crippen molar-refractivity contribution >= 4 is 10.9 Å². The lowest BCUT2D eigenvalue weighted by atomic mass is 10.1. The molecule has 1 aromatic heterocycles. The average molecular weight is 304 g/mol. The highest BCUT2D eigenvalue weighted by molar-refractivity contribution is 5.78. The van der Waals surface area contributed by atoms with E-state index in [1.165, 1.54) is 6.07 Å². The molecule has 1 atom stereocenters. The second-order valence-corrected chi connectivity index (χ2v) is 5.82. The van der Waals surface area contributed by atoms with Crippen molar-refractivity contribution in [1.82, 2.24) is 20.4 Å². The molecule has 0 amide bonds. The summed E-state index contributed by atoms with van der Waals surface area (Å²) >= 11 is 0. The molecule has 0 radical (unpaired) electrons. The standard InChI is InChI=1S/C16H21FN4O/c1-3-12(20-18-2)15-19-13-6-4-5-11(17)14(13)16(22)21(15)9-10-7-8-10/h4-6,10,12,18,20H,3,7-9H2,1-2H3/t12-/m0/s1. The van der Waals surface area contributed by atoms with Crippen molar-refractivity contribution in [2.75, 3.05) is 7.05 Å². The number of fused-ring (bicyclic) bond motifs is 1. The quantitative estimate of drug-likeness (QED) is 0.803. The zero-order valence-electron chi connectivity index (χ0n) is 12.9. The summed E-state index contributed by atoms with van der Waals surface area (Å²) in [6.45, 7) is 2.64. The van der Waals surface area contributed by atoms with Gasteiger partial charge in [0.15, 0.2) is 0 Å². The first kappa shape index (κ1) is 15.1. The minimum atomic E-state index is -0.499. The summed E-state index contributed by atoms with van der Waals surface area (Å²) in [6.07, 6.45) is 3.02. The molecule has 1 heterocycles. The third-order valence-corrected chi connectivity index (χ3v) is 4.14. The van der Waals surface area contributed by atoms with Crippen LogP contribution in [0.5, 0.6) is 0 Å². The van der Waals surface area contributed by atoms with E-state index in [0.29, 0.717) is 23.8 Å². The summed E-state index contributed by atoms with van der Waals surface area (Å²) in [6, 6.07) is 4.50. The lowest BCUT2D eigenvalue weighted by Gasteiger charge is -2.21. The maximum atomic E-state index is 14.1. The van der Waals surface area contributed by atoms with Gasteiger partial charge in [-0.3, -0.25) is 14.8 Å². The Bertz CT molecular complexity index is 739. The minimum absolute atomic E-state index is 0.0891. The molecule has 1 aliphatic rings. The molecular formula is C16H21FN4O. The molecule has 0 saturated heterocycles. The maximum Gasteiger partial charge on any atom is 0.264 e. The van der Waals surface area contributed by atoms with Crippen molar-refractivity contribution in [2.45, 2.75) is 38.8 Å². The number of nitrogens with one attached hydrogen (secondary N) is 2. The first-order valence-electron chi connectivity index (χ1n) is 7.77. The van der Waals surface area contributed by atoms with Gasteiger partial charge < -0.3 is 0 Å². The van der Waals surface area contributed by atoms with E-state index in [0.717, 1.165) is 19.3 Å². The minimum Gasteiger partial charge on any atom is -0.294 e. The summed E-state index contributed by atoms with van der Waals surface area (Å²) < 4.78 is 15.7. The van der Waals surface area contributed by atoms with Crippen molar-refractivity contribution < 1.29 is 4.39 Å². The van der Waals surface area contributed by atoms with E-state index in [4.69, 9.17) is 0 Å². The number of hydrazine groups is 1. The van der Waals surface area contributed by atoms with E-state index in [9.17, 15) is 9.18 Å². The van der Waals surface area contributed by atoms with Crippen molar-refractivity contribution in [3.63, 3.8) is 0 Å². The van der Waals surface area contributed by atoms with Gasteiger partial charge in [0.25, 0.3) is 5.56 Å². The molecule has 0 spiro atoms. The van der Waals surface area contributed by atoms with Gasteiger partial charge in [-0.2, -0.15) is 0 Å². The van der Waals surface area contributed by atoms with Crippen molar-refractivity contribution in [3.8, 4) is 0 Å².